The predicted molar refractivity (Wildman–Crippen MR) is 97.9 cm³/mol. The Morgan fingerprint density at radius 2 is 1.42 bits per heavy atom. The third-order valence-electron chi connectivity index (χ3n) is 4.30. The van der Waals surface area contributed by atoms with E-state index in [0.29, 0.717) is 5.56 Å². The van der Waals surface area contributed by atoms with Gasteiger partial charge in [0.15, 0.2) is 17.1 Å². The average molecular weight is 354 g/mol. The number of carboxylic acid groups (broad SMARTS) is 1. The molecule has 0 fully saturated rings. The van der Waals surface area contributed by atoms with Gasteiger partial charge in [-0.1, -0.05) is 60.7 Å². The number of hydrogen-bond acceptors (Lipinski definition) is 5. The van der Waals surface area contributed by atoms with Crippen LogP contribution in [-0.2, 0) is 4.79 Å². The van der Waals surface area contributed by atoms with E-state index < -0.39 is 23.3 Å². The van der Waals surface area contributed by atoms with Crippen molar-refractivity contribution in [3.63, 3.8) is 0 Å². The van der Waals surface area contributed by atoms with Crippen LogP contribution in [0.25, 0.3) is 0 Å². The predicted octanol–water partition coefficient (Wildman–Crippen LogP) is 2.03. The zero-order valence-electron chi connectivity index (χ0n) is 14.3. The van der Waals surface area contributed by atoms with Crippen molar-refractivity contribution in [1.82, 2.24) is 0 Å². The van der Waals surface area contributed by atoms with Crippen LogP contribution in [0.4, 0.5) is 0 Å². The van der Waals surface area contributed by atoms with Crippen molar-refractivity contribution in [1.29, 1.82) is 0 Å². The fourth-order valence-corrected chi connectivity index (χ4v) is 2.71. The first kappa shape index (κ1) is 19.5. The number of benzene rings is 2. The van der Waals surface area contributed by atoms with Crippen molar-refractivity contribution in [2.45, 2.75) is 30.8 Å². The van der Waals surface area contributed by atoms with E-state index >= 15 is 0 Å². The second-order valence-electron chi connectivity index (χ2n) is 6.20. The summed E-state index contributed by atoms with van der Waals surface area (Å²) in [6.07, 6.45) is 0.370. The molecule has 0 aromatic heterocycles. The Morgan fingerprint density at radius 1 is 0.923 bits per heavy atom. The van der Waals surface area contributed by atoms with Gasteiger partial charge in [-0.05, 0) is 19.3 Å². The molecule has 6 nitrogen and oxygen atoms in total. The van der Waals surface area contributed by atoms with Gasteiger partial charge in [-0.15, -0.1) is 0 Å². The SMILES string of the molecule is N[C@H](CCC[C@](N)(C(=O)O)C(=O)c1ccccc1)C(=O)c1ccccc1. The highest BCUT2D eigenvalue weighted by molar-refractivity contribution is 6.15. The first-order valence-corrected chi connectivity index (χ1v) is 8.33. The molecule has 136 valence electrons. The highest BCUT2D eigenvalue weighted by Crippen LogP contribution is 2.20. The summed E-state index contributed by atoms with van der Waals surface area (Å²) in [5.74, 6) is -2.28. The standard InChI is InChI=1S/C20H22N2O4/c21-16(17(23)14-8-3-1-4-9-14)12-7-13-20(22,19(25)26)18(24)15-10-5-2-6-11-15/h1-6,8-11,16H,7,12-13,21-22H2,(H,25,26)/t16-,20-/m1/s1. The van der Waals surface area contributed by atoms with E-state index in [9.17, 15) is 19.5 Å². The number of carboxylic acids is 1. The molecule has 0 heterocycles. The first-order chi connectivity index (χ1) is 12.4. The maximum atomic E-state index is 12.5. The highest BCUT2D eigenvalue weighted by atomic mass is 16.4. The lowest BCUT2D eigenvalue weighted by atomic mass is 9.84. The fourth-order valence-electron chi connectivity index (χ4n) is 2.71. The van der Waals surface area contributed by atoms with Crippen molar-refractivity contribution >= 4 is 17.5 Å². The lowest BCUT2D eigenvalue weighted by Crippen LogP contribution is -2.55. The topological polar surface area (TPSA) is 123 Å². The van der Waals surface area contributed by atoms with Crippen molar-refractivity contribution in [2.24, 2.45) is 11.5 Å². The molecule has 0 aliphatic rings. The van der Waals surface area contributed by atoms with Gasteiger partial charge in [-0.3, -0.25) is 9.59 Å². The Hall–Kier alpha value is -2.83. The Bertz CT molecular complexity index is 777. The van der Waals surface area contributed by atoms with Crippen LogP contribution in [0.3, 0.4) is 0 Å². The zero-order chi connectivity index (χ0) is 19.2. The van der Waals surface area contributed by atoms with E-state index in [0.717, 1.165) is 0 Å². The Labute approximate surface area is 151 Å². The van der Waals surface area contributed by atoms with Gasteiger partial charge in [0.2, 0.25) is 0 Å². The molecule has 26 heavy (non-hydrogen) atoms. The van der Waals surface area contributed by atoms with Crippen LogP contribution in [0, 0.1) is 0 Å². The molecule has 0 radical (unpaired) electrons. The van der Waals surface area contributed by atoms with Gasteiger partial charge < -0.3 is 16.6 Å². The number of carbonyl (C=O) groups excluding carboxylic acids is 2. The molecule has 2 atom stereocenters. The van der Waals surface area contributed by atoms with Crippen molar-refractivity contribution in [3.05, 3.63) is 71.8 Å². The second kappa shape index (κ2) is 8.51. The summed E-state index contributed by atoms with van der Waals surface area (Å²) in [5, 5.41) is 9.47. The van der Waals surface area contributed by atoms with Gasteiger partial charge in [0, 0.05) is 11.1 Å². The summed E-state index contributed by atoms with van der Waals surface area (Å²) in [6, 6.07) is 15.9. The Morgan fingerprint density at radius 3 is 1.92 bits per heavy atom. The number of hydrogen-bond donors (Lipinski definition) is 3. The lowest BCUT2D eigenvalue weighted by Gasteiger charge is -2.24. The summed E-state index contributed by atoms with van der Waals surface area (Å²) in [4.78, 5) is 36.4. The molecule has 0 bridgehead atoms. The van der Waals surface area contributed by atoms with Crippen LogP contribution in [0.1, 0.15) is 40.0 Å². The van der Waals surface area contributed by atoms with E-state index in [-0.39, 0.29) is 30.6 Å². The van der Waals surface area contributed by atoms with Gasteiger partial charge in [0.1, 0.15) is 0 Å². The molecule has 6 heteroatoms. The molecule has 0 amide bonds. The smallest absolute Gasteiger partial charge is 0.331 e. The van der Waals surface area contributed by atoms with E-state index in [1.165, 1.54) is 12.1 Å². The number of nitrogens with two attached hydrogens (primary N) is 2. The van der Waals surface area contributed by atoms with Gasteiger partial charge >= 0.3 is 5.97 Å². The summed E-state index contributed by atoms with van der Waals surface area (Å²) >= 11 is 0. The van der Waals surface area contributed by atoms with Crippen LogP contribution >= 0.6 is 0 Å². The summed E-state index contributed by atoms with van der Waals surface area (Å²) < 4.78 is 0. The fraction of sp³-hybridized carbons (Fsp3) is 0.250. The number of rotatable bonds is 9. The molecule has 0 spiro atoms. The van der Waals surface area contributed by atoms with Gasteiger partial charge in [-0.25, -0.2) is 4.79 Å². The van der Waals surface area contributed by atoms with Crippen molar-refractivity contribution in [2.75, 3.05) is 0 Å². The Balaban J connectivity index is 2.01. The van der Waals surface area contributed by atoms with Crippen LogP contribution < -0.4 is 11.5 Å². The molecular weight excluding hydrogens is 332 g/mol. The molecule has 0 saturated carbocycles. The quantitative estimate of drug-likeness (QED) is 0.468. The maximum Gasteiger partial charge on any atom is 0.331 e. The first-order valence-electron chi connectivity index (χ1n) is 8.33. The third kappa shape index (κ3) is 4.41. The molecule has 0 aliphatic heterocycles. The van der Waals surface area contributed by atoms with Crippen LogP contribution in [0.5, 0.6) is 0 Å². The van der Waals surface area contributed by atoms with Crippen molar-refractivity contribution in [3.8, 4) is 0 Å². The molecule has 0 saturated heterocycles. The van der Waals surface area contributed by atoms with Gasteiger partial charge in [0.05, 0.1) is 6.04 Å². The molecule has 0 aliphatic carbocycles. The monoisotopic (exact) mass is 354 g/mol. The van der Waals surface area contributed by atoms with Crippen molar-refractivity contribution < 1.29 is 19.5 Å². The van der Waals surface area contributed by atoms with E-state index in [1.807, 2.05) is 0 Å². The second-order valence-corrected chi connectivity index (χ2v) is 6.20. The zero-order valence-corrected chi connectivity index (χ0v) is 14.3. The minimum atomic E-state index is -2.04. The van der Waals surface area contributed by atoms with Crippen LogP contribution in [0.2, 0.25) is 0 Å². The molecule has 0 unspecified atom stereocenters. The molecule has 5 N–H and O–H groups in total. The Kier molecular flexibility index (Phi) is 6.38. The number of aliphatic carboxylic acids is 1. The summed E-state index contributed by atoms with van der Waals surface area (Å²) in [6.45, 7) is 0. The largest absolute Gasteiger partial charge is 0.480 e. The number of carbonyl (C=O) groups is 3. The molecular formula is C20H22N2O4. The van der Waals surface area contributed by atoms with Gasteiger partial charge in [0.25, 0.3) is 0 Å². The van der Waals surface area contributed by atoms with E-state index in [2.05, 4.69) is 0 Å². The average Bonchev–Trinajstić information content (AvgIpc) is 2.67. The lowest BCUT2D eigenvalue weighted by molar-refractivity contribution is -0.141. The third-order valence-corrected chi connectivity index (χ3v) is 4.30. The summed E-state index contributed by atoms with van der Waals surface area (Å²) in [5.41, 5.74) is 10.5. The van der Waals surface area contributed by atoms with Crippen LogP contribution in [-0.4, -0.2) is 34.2 Å². The normalized spacial score (nSPS) is 14.2. The highest BCUT2D eigenvalue weighted by Gasteiger charge is 2.42. The van der Waals surface area contributed by atoms with Gasteiger partial charge in [-0.2, -0.15) is 0 Å². The maximum absolute atomic E-state index is 12.5. The minimum Gasteiger partial charge on any atom is -0.480 e. The summed E-state index contributed by atoms with van der Waals surface area (Å²) in [7, 11) is 0. The minimum absolute atomic E-state index is 0.105. The van der Waals surface area contributed by atoms with E-state index in [1.54, 1.807) is 48.5 Å². The molecule has 2 aromatic rings. The molecule has 2 rings (SSSR count). The van der Waals surface area contributed by atoms with Crippen LogP contribution in [0.15, 0.2) is 60.7 Å². The number of ketones is 2. The molecule has 2 aromatic carbocycles. The van der Waals surface area contributed by atoms with E-state index in [4.69, 9.17) is 11.5 Å². The number of Topliss-reactive ketones (excluding diaryl/α,β-unsaturated/α-hetero) is 2.